The molecule has 0 bridgehead atoms. The second-order valence-corrected chi connectivity index (χ2v) is 6.73. The van der Waals surface area contributed by atoms with Gasteiger partial charge in [-0.2, -0.15) is 10.2 Å². The molecule has 0 aliphatic carbocycles. The van der Waals surface area contributed by atoms with E-state index in [0.29, 0.717) is 22.5 Å². The van der Waals surface area contributed by atoms with E-state index in [4.69, 9.17) is 23.8 Å². The zero-order chi connectivity index (χ0) is 18.5. The fourth-order valence-corrected chi connectivity index (χ4v) is 2.92. The lowest BCUT2D eigenvalue weighted by atomic mass is 10.1. The number of rotatable bonds is 6. The second kappa shape index (κ2) is 8.33. The fraction of sp³-hybridized carbons (Fsp3) is 0.278. The minimum atomic E-state index is 0.460. The van der Waals surface area contributed by atoms with E-state index >= 15 is 0 Å². The molecule has 8 heteroatoms. The Morgan fingerprint density at radius 1 is 1.19 bits per heavy atom. The zero-order valence-electron chi connectivity index (χ0n) is 14.7. The summed E-state index contributed by atoms with van der Waals surface area (Å²) in [6, 6.07) is 10.2. The van der Waals surface area contributed by atoms with Crippen molar-refractivity contribution < 1.29 is 0 Å². The van der Waals surface area contributed by atoms with E-state index in [1.165, 1.54) is 11.1 Å². The van der Waals surface area contributed by atoms with Crippen LogP contribution in [0.3, 0.4) is 0 Å². The largest absolute Gasteiger partial charge is 0.357 e. The third-order valence-corrected chi connectivity index (χ3v) is 4.57. The highest BCUT2D eigenvalue weighted by Gasteiger charge is 2.08. The Labute approximate surface area is 163 Å². The first-order valence-corrected chi connectivity index (χ1v) is 9.18. The van der Waals surface area contributed by atoms with Gasteiger partial charge in [0.2, 0.25) is 0 Å². The van der Waals surface area contributed by atoms with Crippen LogP contribution in [0.1, 0.15) is 23.7 Å². The molecule has 0 fully saturated rings. The molecule has 0 unspecified atom stereocenters. The Kier molecular flexibility index (Phi) is 5.90. The molecule has 0 amide bonds. The summed E-state index contributed by atoms with van der Waals surface area (Å²) in [5, 5.41) is 16.2. The summed E-state index contributed by atoms with van der Waals surface area (Å²) >= 11 is 11.5. The van der Waals surface area contributed by atoms with Crippen molar-refractivity contribution in [2.75, 3.05) is 5.32 Å². The average Bonchev–Trinajstić information content (AvgIpc) is 3.21. The Morgan fingerprint density at radius 2 is 2.00 bits per heavy atom. The molecule has 0 aliphatic rings. The molecule has 6 nitrogen and oxygen atoms in total. The Bertz CT molecular complexity index is 901. The van der Waals surface area contributed by atoms with E-state index in [9.17, 15) is 0 Å². The first-order valence-electron chi connectivity index (χ1n) is 8.39. The highest BCUT2D eigenvalue weighted by atomic mass is 35.5. The summed E-state index contributed by atoms with van der Waals surface area (Å²) in [7, 11) is 0. The van der Waals surface area contributed by atoms with Crippen LogP contribution in [-0.4, -0.2) is 24.7 Å². The number of anilines is 1. The average molecular weight is 389 g/mol. The fourth-order valence-electron chi connectivity index (χ4n) is 2.52. The van der Waals surface area contributed by atoms with Crippen molar-refractivity contribution in [1.29, 1.82) is 0 Å². The van der Waals surface area contributed by atoms with Gasteiger partial charge in [-0.1, -0.05) is 35.9 Å². The molecule has 0 saturated carbocycles. The lowest BCUT2D eigenvalue weighted by Gasteiger charge is -2.08. The number of aryl methyl sites for hydroxylation is 2. The first kappa shape index (κ1) is 18.4. The third-order valence-electron chi connectivity index (χ3n) is 4.00. The van der Waals surface area contributed by atoms with Crippen LogP contribution in [0.15, 0.2) is 42.7 Å². The normalized spacial score (nSPS) is 10.7. The molecule has 3 aromatic rings. The van der Waals surface area contributed by atoms with Crippen molar-refractivity contribution in [1.82, 2.24) is 24.9 Å². The van der Waals surface area contributed by atoms with Gasteiger partial charge in [0.25, 0.3) is 0 Å². The van der Waals surface area contributed by atoms with Crippen molar-refractivity contribution in [2.24, 2.45) is 0 Å². The van der Waals surface area contributed by atoms with Crippen LogP contribution >= 0.6 is 23.8 Å². The van der Waals surface area contributed by atoms with Crippen LogP contribution in [0.2, 0.25) is 5.02 Å². The molecule has 136 valence electrons. The number of aromatic nitrogens is 4. The molecule has 0 aliphatic heterocycles. The summed E-state index contributed by atoms with van der Waals surface area (Å²) in [5.41, 5.74) is 3.25. The van der Waals surface area contributed by atoms with Crippen LogP contribution in [0, 0.1) is 6.92 Å². The summed E-state index contributed by atoms with van der Waals surface area (Å²) in [6.07, 6.45) is 3.74. The SMILES string of the molecule is CCn1cc(Cl)c(CNC(=S)Nc2ccn(Cc3ccccc3C)n2)n1. The zero-order valence-corrected chi connectivity index (χ0v) is 16.3. The molecule has 2 aromatic heterocycles. The lowest BCUT2D eigenvalue weighted by molar-refractivity contribution is 0.643. The monoisotopic (exact) mass is 388 g/mol. The minimum absolute atomic E-state index is 0.460. The van der Waals surface area contributed by atoms with E-state index in [1.54, 1.807) is 4.68 Å². The van der Waals surface area contributed by atoms with Gasteiger partial charge in [-0.05, 0) is 37.2 Å². The highest BCUT2D eigenvalue weighted by molar-refractivity contribution is 7.80. The third kappa shape index (κ3) is 4.62. The molecular formula is C18H21ClN6S. The van der Waals surface area contributed by atoms with Gasteiger partial charge in [0.05, 0.1) is 18.1 Å². The van der Waals surface area contributed by atoms with Gasteiger partial charge in [0.15, 0.2) is 10.9 Å². The number of hydrogen-bond donors (Lipinski definition) is 2. The number of nitrogens with one attached hydrogen (secondary N) is 2. The van der Waals surface area contributed by atoms with Gasteiger partial charge in [-0.15, -0.1) is 0 Å². The molecule has 2 N–H and O–H groups in total. The maximum atomic E-state index is 6.16. The number of halogens is 1. The maximum absolute atomic E-state index is 6.16. The first-order chi connectivity index (χ1) is 12.5. The van der Waals surface area contributed by atoms with E-state index in [1.807, 2.05) is 42.2 Å². The number of benzene rings is 1. The van der Waals surface area contributed by atoms with Crippen LogP contribution in [0.4, 0.5) is 5.82 Å². The topological polar surface area (TPSA) is 59.7 Å². The van der Waals surface area contributed by atoms with Gasteiger partial charge in [-0.3, -0.25) is 9.36 Å². The van der Waals surface area contributed by atoms with Gasteiger partial charge >= 0.3 is 0 Å². The smallest absolute Gasteiger partial charge is 0.172 e. The van der Waals surface area contributed by atoms with Crippen molar-refractivity contribution in [3.63, 3.8) is 0 Å². The summed E-state index contributed by atoms with van der Waals surface area (Å²) in [6.45, 7) is 6.07. The molecule has 1 aromatic carbocycles. The van der Waals surface area contributed by atoms with Crippen LogP contribution in [0.25, 0.3) is 0 Å². The van der Waals surface area contributed by atoms with Gasteiger partial charge < -0.3 is 10.6 Å². The highest BCUT2D eigenvalue weighted by Crippen LogP contribution is 2.14. The minimum Gasteiger partial charge on any atom is -0.357 e. The molecular weight excluding hydrogens is 368 g/mol. The van der Waals surface area contributed by atoms with Crippen LogP contribution < -0.4 is 10.6 Å². The quantitative estimate of drug-likeness (QED) is 0.632. The van der Waals surface area contributed by atoms with Crippen molar-refractivity contribution in [2.45, 2.75) is 33.5 Å². The Morgan fingerprint density at radius 3 is 2.73 bits per heavy atom. The Balaban J connectivity index is 1.54. The number of thiocarbonyl (C=S) groups is 1. The van der Waals surface area contributed by atoms with E-state index < -0.39 is 0 Å². The van der Waals surface area contributed by atoms with Gasteiger partial charge in [0, 0.05) is 25.0 Å². The number of hydrogen-bond acceptors (Lipinski definition) is 3. The van der Waals surface area contributed by atoms with Crippen molar-refractivity contribution in [3.8, 4) is 0 Å². The molecule has 0 atom stereocenters. The second-order valence-electron chi connectivity index (χ2n) is 5.91. The van der Waals surface area contributed by atoms with E-state index in [0.717, 1.165) is 18.8 Å². The van der Waals surface area contributed by atoms with E-state index in [2.05, 4.69) is 39.9 Å². The predicted molar refractivity (Wildman–Crippen MR) is 108 cm³/mol. The standard InChI is InChI=1S/C18H21ClN6S/c1-3-24-12-15(19)16(22-24)10-20-18(26)21-17-8-9-25(23-17)11-14-7-5-4-6-13(14)2/h4-9,12H,3,10-11H2,1-2H3,(H2,20,21,23,26). The molecule has 26 heavy (non-hydrogen) atoms. The van der Waals surface area contributed by atoms with Crippen LogP contribution in [-0.2, 0) is 19.6 Å². The lowest BCUT2D eigenvalue weighted by Crippen LogP contribution is -2.28. The van der Waals surface area contributed by atoms with Crippen LogP contribution in [0.5, 0.6) is 0 Å². The number of nitrogens with zero attached hydrogens (tertiary/aromatic N) is 4. The summed E-state index contributed by atoms with van der Waals surface area (Å²) < 4.78 is 3.68. The Hall–Kier alpha value is -2.38. The molecule has 0 radical (unpaired) electrons. The molecule has 0 spiro atoms. The van der Waals surface area contributed by atoms with Crippen molar-refractivity contribution >= 4 is 34.7 Å². The molecule has 3 rings (SSSR count). The van der Waals surface area contributed by atoms with Crippen molar-refractivity contribution in [3.05, 3.63) is 64.6 Å². The molecule has 2 heterocycles. The van der Waals surface area contributed by atoms with Gasteiger partial charge in [-0.25, -0.2) is 0 Å². The maximum Gasteiger partial charge on any atom is 0.172 e. The van der Waals surface area contributed by atoms with E-state index in [-0.39, 0.29) is 0 Å². The van der Waals surface area contributed by atoms with Gasteiger partial charge in [0.1, 0.15) is 5.69 Å². The summed E-state index contributed by atoms with van der Waals surface area (Å²) in [4.78, 5) is 0. The molecule has 0 saturated heterocycles. The predicted octanol–water partition coefficient (Wildman–Crippen LogP) is 3.60. The summed E-state index contributed by atoms with van der Waals surface area (Å²) in [5.74, 6) is 0.696.